The number of benzene rings is 2. The summed E-state index contributed by atoms with van der Waals surface area (Å²) in [6.45, 7) is 4.02. The fraction of sp³-hybridized carbons (Fsp3) is 0.346. The summed E-state index contributed by atoms with van der Waals surface area (Å²) >= 11 is 0. The molecule has 36 heavy (non-hydrogen) atoms. The van der Waals surface area contributed by atoms with Crippen LogP contribution in [0.3, 0.4) is 0 Å². The molecular weight excluding hydrogens is 470 g/mol. The number of amides is 1. The van der Waals surface area contributed by atoms with E-state index in [-0.39, 0.29) is 42.5 Å². The number of rotatable bonds is 8. The van der Waals surface area contributed by atoms with Gasteiger partial charge in [-0.25, -0.2) is 18.3 Å². The van der Waals surface area contributed by atoms with E-state index in [1.165, 1.54) is 16.8 Å². The van der Waals surface area contributed by atoms with Gasteiger partial charge in [-0.15, -0.1) is 0 Å². The standard InChI is InChI=1S/C26H28F2N4O4/c1-2-35-26(34)30-20-5-3-4-18(12-20)15-32-24(33)7-6-23(31-32)19-13-21(27)25(22(28)14-19)36-16-17-8-10-29-11-9-17/h3-7,12-14,17,29H,2,8-11,15-16H2,1H3,(H,30,34). The predicted octanol–water partition coefficient (Wildman–Crippen LogP) is 4.18. The van der Waals surface area contributed by atoms with Crippen molar-refractivity contribution in [3.05, 3.63) is 76.1 Å². The maximum absolute atomic E-state index is 14.8. The molecule has 3 aromatic rings. The maximum Gasteiger partial charge on any atom is 0.411 e. The second-order valence-electron chi connectivity index (χ2n) is 8.53. The first-order valence-electron chi connectivity index (χ1n) is 11.9. The van der Waals surface area contributed by atoms with Gasteiger partial charge < -0.3 is 14.8 Å². The Morgan fingerprint density at radius 3 is 2.61 bits per heavy atom. The van der Waals surface area contributed by atoms with Gasteiger partial charge in [-0.3, -0.25) is 10.1 Å². The van der Waals surface area contributed by atoms with Crippen molar-refractivity contribution in [1.82, 2.24) is 15.1 Å². The number of nitrogens with zero attached hydrogens (tertiary/aromatic N) is 2. The van der Waals surface area contributed by atoms with Gasteiger partial charge in [0.15, 0.2) is 17.4 Å². The molecule has 2 aromatic carbocycles. The highest BCUT2D eigenvalue weighted by atomic mass is 19.1. The van der Waals surface area contributed by atoms with Crippen LogP contribution in [0.15, 0.2) is 53.3 Å². The van der Waals surface area contributed by atoms with E-state index in [1.54, 1.807) is 31.2 Å². The summed E-state index contributed by atoms with van der Waals surface area (Å²) in [7, 11) is 0. The molecule has 2 heterocycles. The molecule has 2 N–H and O–H groups in total. The smallest absolute Gasteiger partial charge is 0.411 e. The van der Waals surface area contributed by atoms with Crippen LogP contribution in [0.4, 0.5) is 19.3 Å². The molecule has 1 aromatic heterocycles. The summed E-state index contributed by atoms with van der Waals surface area (Å²) in [6.07, 6.45) is 1.21. The SMILES string of the molecule is CCOC(=O)Nc1cccc(Cn2nc(-c3cc(F)c(OCC4CCNCC4)c(F)c3)ccc2=O)c1. The van der Waals surface area contributed by atoms with E-state index in [0.717, 1.165) is 38.1 Å². The van der Waals surface area contributed by atoms with Crippen LogP contribution in [0.5, 0.6) is 5.75 Å². The quantitative estimate of drug-likeness (QED) is 0.484. The van der Waals surface area contributed by atoms with E-state index in [0.29, 0.717) is 11.3 Å². The monoisotopic (exact) mass is 498 g/mol. The van der Waals surface area contributed by atoms with Crippen LogP contribution in [0.2, 0.25) is 0 Å². The van der Waals surface area contributed by atoms with Crippen molar-refractivity contribution >= 4 is 11.8 Å². The van der Waals surface area contributed by atoms with Gasteiger partial charge in [-0.05, 0) is 74.7 Å². The molecule has 8 nitrogen and oxygen atoms in total. The third-order valence-electron chi connectivity index (χ3n) is 5.86. The predicted molar refractivity (Wildman–Crippen MR) is 131 cm³/mol. The van der Waals surface area contributed by atoms with Gasteiger partial charge in [-0.1, -0.05) is 12.1 Å². The zero-order chi connectivity index (χ0) is 25.5. The largest absolute Gasteiger partial charge is 0.487 e. The topological polar surface area (TPSA) is 94.5 Å². The third-order valence-corrected chi connectivity index (χ3v) is 5.86. The highest BCUT2D eigenvalue weighted by Crippen LogP contribution is 2.29. The van der Waals surface area contributed by atoms with Crippen molar-refractivity contribution in [1.29, 1.82) is 0 Å². The number of hydrogen-bond donors (Lipinski definition) is 2. The molecule has 0 saturated carbocycles. The molecule has 0 atom stereocenters. The Balaban J connectivity index is 1.51. The maximum atomic E-state index is 14.8. The molecule has 1 saturated heterocycles. The summed E-state index contributed by atoms with van der Waals surface area (Å²) in [5.74, 6) is -1.80. The Morgan fingerprint density at radius 1 is 1.14 bits per heavy atom. The fourth-order valence-corrected chi connectivity index (χ4v) is 4.02. The summed E-state index contributed by atoms with van der Waals surface area (Å²) in [5.41, 5.74) is 1.23. The zero-order valence-corrected chi connectivity index (χ0v) is 19.9. The number of carbonyl (C=O) groups excluding carboxylic acids is 1. The van der Waals surface area contributed by atoms with Crippen molar-refractivity contribution in [3.63, 3.8) is 0 Å². The van der Waals surface area contributed by atoms with E-state index in [1.807, 2.05) is 0 Å². The van der Waals surface area contributed by atoms with Gasteiger partial charge in [0.05, 0.1) is 25.5 Å². The van der Waals surface area contributed by atoms with Crippen LogP contribution < -0.4 is 20.9 Å². The highest BCUT2D eigenvalue weighted by Gasteiger charge is 2.19. The first-order valence-corrected chi connectivity index (χ1v) is 11.9. The minimum atomic E-state index is -0.823. The van der Waals surface area contributed by atoms with E-state index in [4.69, 9.17) is 9.47 Å². The average molecular weight is 499 g/mol. The molecule has 1 aliphatic rings. The first kappa shape index (κ1) is 25.3. The number of ether oxygens (including phenoxy) is 2. The number of anilines is 1. The van der Waals surface area contributed by atoms with Gasteiger partial charge in [0.1, 0.15) is 0 Å². The van der Waals surface area contributed by atoms with Crippen molar-refractivity contribution in [2.24, 2.45) is 5.92 Å². The lowest BCUT2D eigenvalue weighted by atomic mass is 9.99. The van der Waals surface area contributed by atoms with E-state index in [9.17, 15) is 18.4 Å². The summed E-state index contributed by atoms with van der Waals surface area (Å²) in [4.78, 5) is 24.1. The van der Waals surface area contributed by atoms with Gasteiger partial charge >= 0.3 is 6.09 Å². The lowest BCUT2D eigenvalue weighted by Gasteiger charge is -2.22. The lowest BCUT2D eigenvalue weighted by molar-refractivity contribution is 0.168. The number of hydrogen-bond acceptors (Lipinski definition) is 6. The molecule has 0 spiro atoms. The second-order valence-corrected chi connectivity index (χ2v) is 8.53. The molecule has 1 amide bonds. The van der Waals surface area contributed by atoms with Crippen LogP contribution in [-0.2, 0) is 11.3 Å². The lowest BCUT2D eigenvalue weighted by Crippen LogP contribution is -2.30. The minimum absolute atomic E-state index is 0.0907. The van der Waals surface area contributed by atoms with Crippen LogP contribution >= 0.6 is 0 Å². The van der Waals surface area contributed by atoms with E-state index < -0.39 is 23.5 Å². The molecule has 4 rings (SSSR count). The van der Waals surface area contributed by atoms with E-state index in [2.05, 4.69) is 15.7 Å². The number of carbonyl (C=O) groups is 1. The zero-order valence-electron chi connectivity index (χ0n) is 19.9. The second kappa shape index (κ2) is 11.8. The number of nitrogens with one attached hydrogen (secondary N) is 2. The molecule has 1 fully saturated rings. The fourth-order valence-electron chi connectivity index (χ4n) is 4.02. The van der Waals surface area contributed by atoms with Crippen molar-refractivity contribution in [3.8, 4) is 17.0 Å². The number of piperidine rings is 1. The number of halogens is 2. The van der Waals surface area contributed by atoms with Gasteiger partial charge in [0.2, 0.25) is 0 Å². The Morgan fingerprint density at radius 2 is 1.89 bits per heavy atom. The number of aromatic nitrogens is 2. The molecule has 0 aliphatic carbocycles. The normalized spacial score (nSPS) is 13.9. The van der Waals surface area contributed by atoms with Crippen molar-refractivity contribution in [2.45, 2.75) is 26.3 Å². The minimum Gasteiger partial charge on any atom is -0.487 e. The van der Waals surface area contributed by atoms with Gasteiger partial charge in [0.25, 0.3) is 5.56 Å². The molecule has 0 bridgehead atoms. The molecule has 1 aliphatic heterocycles. The molecule has 190 valence electrons. The van der Waals surface area contributed by atoms with E-state index >= 15 is 0 Å². The molecule has 0 unspecified atom stereocenters. The van der Waals surface area contributed by atoms with Crippen LogP contribution in [0.1, 0.15) is 25.3 Å². The summed E-state index contributed by atoms with van der Waals surface area (Å²) in [6, 6.07) is 11.9. The summed E-state index contributed by atoms with van der Waals surface area (Å²) < 4.78 is 41.1. The van der Waals surface area contributed by atoms with Gasteiger partial charge in [-0.2, -0.15) is 5.10 Å². The van der Waals surface area contributed by atoms with Gasteiger partial charge in [0, 0.05) is 17.3 Å². The Kier molecular flexibility index (Phi) is 8.27. The molecular formula is C26H28F2N4O4. The Bertz CT molecular complexity index is 1250. The molecule has 10 heteroatoms. The van der Waals surface area contributed by atoms with Crippen molar-refractivity contribution < 1.29 is 23.0 Å². The van der Waals surface area contributed by atoms with Crippen molar-refractivity contribution in [2.75, 3.05) is 31.6 Å². The summed E-state index contributed by atoms with van der Waals surface area (Å²) in [5, 5.41) is 10.1. The Labute approximate surface area is 207 Å². The first-order chi connectivity index (χ1) is 17.4. The van der Waals surface area contributed by atoms with Crippen LogP contribution in [0.25, 0.3) is 11.3 Å². The third kappa shape index (κ3) is 6.45. The Hall–Kier alpha value is -3.79. The van der Waals surface area contributed by atoms with Crippen LogP contribution in [-0.4, -0.2) is 42.2 Å². The molecule has 0 radical (unpaired) electrons. The average Bonchev–Trinajstić information content (AvgIpc) is 2.86. The van der Waals surface area contributed by atoms with Crippen LogP contribution in [0, 0.1) is 17.6 Å². The highest BCUT2D eigenvalue weighted by molar-refractivity contribution is 5.84.